The fraction of sp³-hybridized carbons (Fsp3) is 0.321. The third-order valence-electron chi connectivity index (χ3n) is 6.65. The van der Waals surface area contributed by atoms with E-state index >= 15 is 0 Å². The molecule has 0 aliphatic heterocycles. The second-order valence-corrected chi connectivity index (χ2v) is 10.2. The highest BCUT2D eigenvalue weighted by atomic mass is 32.1. The van der Waals surface area contributed by atoms with Gasteiger partial charge in [-0.1, -0.05) is 36.3 Å². The van der Waals surface area contributed by atoms with E-state index in [1.54, 1.807) is 31.2 Å². The molecule has 2 aromatic heterocycles. The number of fused-ring (bicyclic) bond motifs is 1. The second kappa shape index (κ2) is 11.6. The van der Waals surface area contributed by atoms with E-state index in [0.717, 1.165) is 36.1 Å². The Balaban J connectivity index is 1.53. The highest BCUT2D eigenvalue weighted by molar-refractivity contribution is 7.10. The molecule has 1 fully saturated rings. The molecule has 0 saturated heterocycles. The van der Waals surface area contributed by atoms with Gasteiger partial charge in [0.25, 0.3) is 0 Å². The molecule has 0 unspecified atom stereocenters. The monoisotopic (exact) mass is 531 g/mol. The van der Waals surface area contributed by atoms with Crippen LogP contribution >= 0.6 is 11.3 Å². The molecule has 1 aliphatic carbocycles. The Hall–Kier alpha value is -4.05. The van der Waals surface area contributed by atoms with Crippen LogP contribution in [0, 0.1) is 0 Å². The molecule has 10 heteroatoms. The molecule has 4 aromatic rings. The van der Waals surface area contributed by atoms with Gasteiger partial charge in [0.1, 0.15) is 18.1 Å². The maximum atomic E-state index is 14.0. The molecular formula is C28H29N5O4S. The standard InChI is InChI=1S/C28H29N5O4S/c1-2-37-28(36)19-13-15-21(16-14-19)33(25(34)18-32-23-11-6-5-10-22(23)30-31-32)26(24-12-7-17-38-24)27(35)29-20-8-3-4-9-20/h5-7,10-17,20,26H,2-4,8-9,18H2,1H3,(H,29,35)/t26-/m1/s1. The lowest BCUT2D eigenvalue weighted by atomic mass is 10.1. The molecule has 5 rings (SSSR count). The van der Waals surface area contributed by atoms with Crippen LogP contribution < -0.4 is 10.2 Å². The van der Waals surface area contributed by atoms with Crippen LogP contribution in [-0.2, 0) is 20.9 Å². The normalized spacial score (nSPS) is 14.3. The third-order valence-corrected chi connectivity index (χ3v) is 7.58. The molecule has 1 saturated carbocycles. The Kier molecular flexibility index (Phi) is 7.78. The van der Waals surface area contributed by atoms with Crippen molar-refractivity contribution in [1.29, 1.82) is 0 Å². The lowest BCUT2D eigenvalue weighted by molar-refractivity contribution is -0.127. The van der Waals surface area contributed by atoms with E-state index in [9.17, 15) is 14.4 Å². The number of carbonyl (C=O) groups is 3. The topological polar surface area (TPSA) is 106 Å². The molecule has 1 N–H and O–H groups in total. The first-order valence-corrected chi connectivity index (χ1v) is 13.6. The summed E-state index contributed by atoms with van der Waals surface area (Å²) < 4.78 is 6.64. The molecule has 0 spiro atoms. The number of nitrogens with zero attached hydrogens (tertiary/aromatic N) is 4. The van der Waals surface area contributed by atoms with Crippen LogP contribution in [0.25, 0.3) is 11.0 Å². The first kappa shape index (κ1) is 25.6. The fourth-order valence-corrected chi connectivity index (χ4v) is 5.63. The van der Waals surface area contributed by atoms with Crippen molar-refractivity contribution in [3.8, 4) is 0 Å². The summed E-state index contributed by atoms with van der Waals surface area (Å²) in [5.74, 6) is -1.00. The Labute approximate surface area is 224 Å². The number of nitrogens with one attached hydrogen (secondary N) is 1. The number of amides is 2. The van der Waals surface area contributed by atoms with Crippen LogP contribution in [0.1, 0.15) is 53.9 Å². The van der Waals surface area contributed by atoms with E-state index in [-0.39, 0.29) is 31.0 Å². The SMILES string of the molecule is CCOC(=O)c1ccc(N(C(=O)Cn2nnc3ccccc32)[C@@H](C(=O)NC2CCCC2)c2cccs2)cc1. The minimum atomic E-state index is -0.883. The Morgan fingerprint density at radius 2 is 1.84 bits per heavy atom. The molecule has 1 aliphatic rings. The van der Waals surface area contributed by atoms with Gasteiger partial charge < -0.3 is 10.1 Å². The summed E-state index contributed by atoms with van der Waals surface area (Å²) in [6, 6.07) is 16.9. The van der Waals surface area contributed by atoms with Gasteiger partial charge in [0.05, 0.1) is 17.7 Å². The summed E-state index contributed by atoms with van der Waals surface area (Å²) in [5, 5.41) is 13.4. The van der Waals surface area contributed by atoms with E-state index in [0.29, 0.717) is 16.8 Å². The third kappa shape index (κ3) is 5.45. The number of ether oxygens (including phenoxy) is 1. The van der Waals surface area contributed by atoms with E-state index in [4.69, 9.17) is 4.74 Å². The predicted molar refractivity (Wildman–Crippen MR) is 145 cm³/mol. The van der Waals surface area contributed by atoms with Gasteiger partial charge in [0.2, 0.25) is 11.8 Å². The number of aromatic nitrogens is 3. The molecule has 1 atom stereocenters. The number of para-hydroxylation sites is 1. The molecule has 2 aromatic carbocycles. The number of thiophene rings is 1. The lowest BCUT2D eigenvalue weighted by Crippen LogP contribution is -2.47. The average molecular weight is 532 g/mol. The van der Waals surface area contributed by atoms with Crippen LogP contribution in [0.4, 0.5) is 5.69 Å². The highest BCUT2D eigenvalue weighted by Gasteiger charge is 2.35. The maximum absolute atomic E-state index is 14.0. The predicted octanol–water partition coefficient (Wildman–Crippen LogP) is 4.50. The molecule has 9 nitrogen and oxygen atoms in total. The van der Waals surface area contributed by atoms with Crippen molar-refractivity contribution in [2.24, 2.45) is 0 Å². The number of carbonyl (C=O) groups excluding carboxylic acids is 3. The van der Waals surface area contributed by atoms with Gasteiger partial charge in [-0.05, 0) is 67.6 Å². The van der Waals surface area contributed by atoms with Crippen molar-refractivity contribution < 1.29 is 19.1 Å². The van der Waals surface area contributed by atoms with Crippen LogP contribution in [0.2, 0.25) is 0 Å². The summed E-state index contributed by atoms with van der Waals surface area (Å²) in [6.45, 7) is 1.90. The summed E-state index contributed by atoms with van der Waals surface area (Å²) in [7, 11) is 0. The molecular weight excluding hydrogens is 502 g/mol. The number of anilines is 1. The highest BCUT2D eigenvalue weighted by Crippen LogP contribution is 2.32. The van der Waals surface area contributed by atoms with Gasteiger partial charge in [-0.3, -0.25) is 14.5 Å². The second-order valence-electron chi connectivity index (χ2n) is 9.17. The quantitative estimate of drug-likeness (QED) is 0.319. The van der Waals surface area contributed by atoms with Crippen LogP contribution in [0.15, 0.2) is 66.0 Å². The largest absolute Gasteiger partial charge is 0.462 e. The number of hydrogen-bond donors (Lipinski definition) is 1. The fourth-order valence-electron chi connectivity index (χ4n) is 4.82. The van der Waals surface area contributed by atoms with Crippen LogP contribution in [-0.4, -0.2) is 45.4 Å². The summed E-state index contributed by atoms with van der Waals surface area (Å²) in [4.78, 5) is 42.3. The maximum Gasteiger partial charge on any atom is 0.338 e. The first-order chi connectivity index (χ1) is 18.5. The van der Waals surface area contributed by atoms with Gasteiger partial charge in [0.15, 0.2) is 0 Å². The van der Waals surface area contributed by atoms with E-state index in [1.165, 1.54) is 20.9 Å². The van der Waals surface area contributed by atoms with Crippen LogP contribution in [0.3, 0.4) is 0 Å². The number of benzene rings is 2. The Morgan fingerprint density at radius 1 is 1.08 bits per heavy atom. The molecule has 196 valence electrons. The summed E-state index contributed by atoms with van der Waals surface area (Å²) in [5.41, 5.74) is 2.27. The van der Waals surface area contributed by atoms with Crippen molar-refractivity contribution in [2.45, 2.75) is 51.2 Å². The lowest BCUT2D eigenvalue weighted by Gasteiger charge is -2.31. The zero-order valence-electron chi connectivity index (χ0n) is 21.1. The number of esters is 1. The molecule has 0 bridgehead atoms. The van der Waals surface area contributed by atoms with Gasteiger partial charge in [0, 0.05) is 16.6 Å². The van der Waals surface area contributed by atoms with Crippen molar-refractivity contribution in [3.63, 3.8) is 0 Å². The molecule has 38 heavy (non-hydrogen) atoms. The van der Waals surface area contributed by atoms with E-state index in [1.807, 2.05) is 41.8 Å². The van der Waals surface area contributed by atoms with Gasteiger partial charge in [-0.2, -0.15) is 0 Å². The van der Waals surface area contributed by atoms with E-state index in [2.05, 4.69) is 15.6 Å². The van der Waals surface area contributed by atoms with E-state index < -0.39 is 12.0 Å². The Morgan fingerprint density at radius 3 is 2.55 bits per heavy atom. The van der Waals surface area contributed by atoms with Crippen molar-refractivity contribution >= 4 is 45.8 Å². The zero-order valence-corrected chi connectivity index (χ0v) is 21.9. The molecule has 0 radical (unpaired) electrons. The van der Waals surface area contributed by atoms with Gasteiger partial charge >= 0.3 is 5.97 Å². The van der Waals surface area contributed by atoms with Crippen LogP contribution in [0.5, 0.6) is 0 Å². The molecule has 2 heterocycles. The average Bonchev–Trinajstić information content (AvgIpc) is 3.71. The number of hydrogen-bond acceptors (Lipinski definition) is 7. The summed E-state index contributed by atoms with van der Waals surface area (Å²) in [6.07, 6.45) is 4.00. The zero-order chi connectivity index (χ0) is 26.5. The number of rotatable bonds is 9. The minimum absolute atomic E-state index is 0.0902. The molecule has 2 amide bonds. The Bertz CT molecular complexity index is 1410. The first-order valence-electron chi connectivity index (χ1n) is 12.8. The minimum Gasteiger partial charge on any atom is -0.462 e. The van der Waals surface area contributed by atoms with Crippen molar-refractivity contribution in [2.75, 3.05) is 11.5 Å². The smallest absolute Gasteiger partial charge is 0.338 e. The van der Waals surface area contributed by atoms with Gasteiger partial charge in [-0.25, -0.2) is 9.48 Å². The van der Waals surface area contributed by atoms with Crippen molar-refractivity contribution in [3.05, 3.63) is 76.5 Å². The summed E-state index contributed by atoms with van der Waals surface area (Å²) >= 11 is 1.42. The van der Waals surface area contributed by atoms with Gasteiger partial charge in [-0.15, -0.1) is 16.4 Å². The van der Waals surface area contributed by atoms with Crippen molar-refractivity contribution in [1.82, 2.24) is 20.3 Å².